The molecule has 10 heteroatoms. The number of piperazine rings is 1. The Hall–Kier alpha value is -0.710. The maximum Gasteiger partial charge on any atom is 0.239 e. The highest BCUT2D eigenvalue weighted by molar-refractivity contribution is 8.06. The summed E-state index contributed by atoms with van der Waals surface area (Å²) >= 11 is 0. The largest absolute Gasteiger partial charge is 0.355 e. The molecule has 1 atom stereocenters. The summed E-state index contributed by atoms with van der Waals surface area (Å²) in [6.07, 6.45) is 0.855. The molecule has 0 radical (unpaired) electrons. The molecule has 1 fully saturated rings. The van der Waals surface area contributed by atoms with E-state index >= 15 is 0 Å². The molecular formula is C9H19N3O5S2. The van der Waals surface area contributed by atoms with Crippen LogP contribution >= 0.6 is 0 Å². The molecule has 0 saturated carbocycles. The topological polar surface area (TPSA) is 113 Å². The monoisotopic (exact) mass is 313 g/mol. The summed E-state index contributed by atoms with van der Waals surface area (Å²) in [5, 5.41) is 4.49. The van der Waals surface area contributed by atoms with Gasteiger partial charge in [-0.2, -0.15) is 4.31 Å². The standard InChI is InChI=1S/C9H19N3O5S2/c1-3-11-9(13)8-6-10-4-5-12(8)19(16,17)7-18(2,14)15/h8,10H,3-7H2,1-2H3,(H,11,13). The van der Waals surface area contributed by atoms with Crippen LogP contribution in [-0.4, -0.2) is 70.6 Å². The second-order valence-corrected chi connectivity index (χ2v) is 8.81. The molecule has 19 heavy (non-hydrogen) atoms. The molecule has 0 aliphatic carbocycles. The summed E-state index contributed by atoms with van der Waals surface area (Å²) in [5.74, 6) is -0.424. The van der Waals surface area contributed by atoms with Gasteiger partial charge >= 0.3 is 0 Å². The summed E-state index contributed by atoms with van der Waals surface area (Å²) in [5.41, 5.74) is 0. The zero-order valence-electron chi connectivity index (χ0n) is 10.9. The Morgan fingerprint density at radius 1 is 1.37 bits per heavy atom. The summed E-state index contributed by atoms with van der Waals surface area (Å²) in [6, 6.07) is -0.902. The fourth-order valence-corrected chi connectivity index (χ4v) is 5.51. The van der Waals surface area contributed by atoms with Gasteiger partial charge in [0.25, 0.3) is 0 Å². The SMILES string of the molecule is CCNC(=O)C1CNCCN1S(=O)(=O)CS(C)(=O)=O. The van der Waals surface area contributed by atoms with Crippen molar-refractivity contribution >= 4 is 25.8 Å². The van der Waals surface area contributed by atoms with Gasteiger partial charge in [-0.1, -0.05) is 0 Å². The molecule has 0 spiro atoms. The molecule has 1 rings (SSSR count). The minimum absolute atomic E-state index is 0.0830. The second kappa shape index (κ2) is 6.16. The molecule has 8 nitrogen and oxygen atoms in total. The van der Waals surface area contributed by atoms with E-state index in [0.29, 0.717) is 13.1 Å². The van der Waals surface area contributed by atoms with Crippen LogP contribution in [0.25, 0.3) is 0 Å². The first-order chi connectivity index (χ1) is 8.67. The highest BCUT2D eigenvalue weighted by atomic mass is 32.3. The maximum atomic E-state index is 12.1. The number of hydrogen-bond acceptors (Lipinski definition) is 6. The van der Waals surface area contributed by atoms with Crippen LogP contribution in [0.4, 0.5) is 0 Å². The predicted molar refractivity (Wildman–Crippen MR) is 70.7 cm³/mol. The van der Waals surface area contributed by atoms with Gasteiger partial charge in [-0.15, -0.1) is 0 Å². The smallest absolute Gasteiger partial charge is 0.239 e. The quantitative estimate of drug-likeness (QED) is 0.592. The number of nitrogens with one attached hydrogen (secondary N) is 2. The Labute approximate surface area is 113 Å². The van der Waals surface area contributed by atoms with E-state index in [9.17, 15) is 21.6 Å². The Morgan fingerprint density at radius 3 is 2.53 bits per heavy atom. The molecule has 0 bridgehead atoms. The molecule has 1 aliphatic rings. The van der Waals surface area contributed by atoms with Gasteiger partial charge in [0.2, 0.25) is 15.9 Å². The van der Waals surface area contributed by atoms with Crippen molar-refractivity contribution in [3.63, 3.8) is 0 Å². The van der Waals surface area contributed by atoms with Crippen LogP contribution in [0.15, 0.2) is 0 Å². The molecule has 0 aromatic heterocycles. The first-order valence-electron chi connectivity index (χ1n) is 5.83. The van der Waals surface area contributed by atoms with Gasteiger partial charge in [0, 0.05) is 32.4 Å². The van der Waals surface area contributed by atoms with Crippen LogP contribution in [0, 0.1) is 0 Å². The number of nitrogens with zero attached hydrogens (tertiary/aromatic N) is 1. The van der Waals surface area contributed by atoms with Gasteiger partial charge in [0.15, 0.2) is 14.9 Å². The predicted octanol–water partition coefficient (Wildman–Crippen LogP) is -2.27. The van der Waals surface area contributed by atoms with E-state index in [4.69, 9.17) is 0 Å². The van der Waals surface area contributed by atoms with Crippen molar-refractivity contribution in [1.82, 2.24) is 14.9 Å². The average Bonchev–Trinajstić information content (AvgIpc) is 2.26. The van der Waals surface area contributed by atoms with Crippen molar-refractivity contribution in [3.05, 3.63) is 0 Å². The lowest BCUT2D eigenvalue weighted by Gasteiger charge is -2.33. The van der Waals surface area contributed by atoms with Crippen molar-refractivity contribution in [1.29, 1.82) is 0 Å². The number of hydrogen-bond donors (Lipinski definition) is 2. The van der Waals surface area contributed by atoms with Crippen molar-refractivity contribution in [3.8, 4) is 0 Å². The van der Waals surface area contributed by atoms with Gasteiger partial charge in [-0.25, -0.2) is 16.8 Å². The normalized spacial score (nSPS) is 22.1. The van der Waals surface area contributed by atoms with E-state index in [1.807, 2.05) is 0 Å². The maximum absolute atomic E-state index is 12.1. The number of sulfone groups is 1. The Balaban J connectivity index is 2.97. The zero-order chi connectivity index (χ0) is 14.7. The third-order valence-corrected chi connectivity index (χ3v) is 6.62. The number of carbonyl (C=O) groups excluding carboxylic acids is 1. The first-order valence-corrected chi connectivity index (χ1v) is 9.50. The first kappa shape index (κ1) is 16.3. The third kappa shape index (κ3) is 4.71. The van der Waals surface area contributed by atoms with Crippen LogP contribution in [0.2, 0.25) is 0 Å². The molecule has 1 aliphatic heterocycles. The van der Waals surface area contributed by atoms with Crippen molar-refractivity contribution in [2.45, 2.75) is 13.0 Å². The van der Waals surface area contributed by atoms with E-state index in [-0.39, 0.29) is 13.1 Å². The van der Waals surface area contributed by atoms with Gasteiger partial charge in [-0.3, -0.25) is 4.79 Å². The number of rotatable bonds is 5. The zero-order valence-corrected chi connectivity index (χ0v) is 12.6. The van der Waals surface area contributed by atoms with Crippen LogP contribution in [0.1, 0.15) is 6.92 Å². The highest BCUT2D eigenvalue weighted by Gasteiger charge is 2.37. The van der Waals surface area contributed by atoms with Crippen LogP contribution in [0.5, 0.6) is 0 Å². The molecule has 1 heterocycles. The van der Waals surface area contributed by atoms with Crippen LogP contribution in [0.3, 0.4) is 0 Å². The highest BCUT2D eigenvalue weighted by Crippen LogP contribution is 2.12. The fourth-order valence-electron chi connectivity index (χ4n) is 1.87. The van der Waals surface area contributed by atoms with Gasteiger partial charge in [0.1, 0.15) is 6.04 Å². The minimum Gasteiger partial charge on any atom is -0.355 e. The van der Waals surface area contributed by atoms with Crippen molar-refractivity contribution in [2.75, 3.05) is 37.5 Å². The molecule has 1 amide bonds. The van der Waals surface area contributed by atoms with Gasteiger partial charge in [-0.05, 0) is 6.92 Å². The lowest BCUT2D eigenvalue weighted by Crippen LogP contribution is -2.60. The number of likely N-dealkylation sites (N-methyl/N-ethyl adjacent to an activating group) is 1. The van der Waals surface area contributed by atoms with E-state index in [0.717, 1.165) is 10.6 Å². The van der Waals surface area contributed by atoms with E-state index < -0.39 is 36.9 Å². The Kier molecular flexibility index (Phi) is 5.30. The fraction of sp³-hybridized carbons (Fsp3) is 0.889. The minimum atomic E-state index is -4.01. The summed E-state index contributed by atoms with van der Waals surface area (Å²) in [4.78, 5) is 11.8. The summed E-state index contributed by atoms with van der Waals surface area (Å²) < 4.78 is 47.4. The molecule has 1 saturated heterocycles. The van der Waals surface area contributed by atoms with E-state index in [2.05, 4.69) is 10.6 Å². The van der Waals surface area contributed by atoms with Gasteiger partial charge in [0.05, 0.1) is 0 Å². The number of amides is 1. The molecular weight excluding hydrogens is 294 g/mol. The lowest BCUT2D eigenvalue weighted by atomic mass is 10.2. The molecule has 0 aromatic carbocycles. The molecule has 0 aromatic rings. The third-order valence-electron chi connectivity index (χ3n) is 2.57. The summed E-state index contributed by atoms with van der Waals surface area (Å²) in [7, 11) is -7.68. The summed E-state index contributed by atoms with van der Waals surface area (Å²) in [6.45, 7) is 2.76. The van der Waals surface area contributed by atoms with Crippen LogP contribution in [-0.2, 0) is 24.7 Å². The molecule has 1 unspecified atom stereocenters. The van der Waals surface area contributed by atoms with Crippen molar-refractivity contribution in [2.24, 2.45) is 0 Å². The van der Waals surface area contributed by atoms with Crippen molar-refractivity contribution < 1.29 is 21.6 Å². The van der Waals surface area contributed by atoms with E-state index in [1.54, 1.807) is 6.92 Å². The van der Waals surface area contributed by atoms with Gasteiger partial charge < -0.3 is 10.6 Å². The second-order valence-electron chi connectivity index (χ2n) is 4.38. The Bertz CT molecular complexity index is 528. The average molecular weight is 313 g/mol. The van der Waals surface area contributed by atoms with Crippen LogP contribution < -0.4 is 10.6 Å². The molecule has 2 N–H and O–H groups in total. The number of sulfonamides is 1. The Morgan fingerprint density at radius 2 is 2.00 bits per heavy atom. The van der Waals surface area contributed by atoms with E-state index in [1.165, 1.54) is 0 Å². The lowest BCUT2D eigenvalue weighted by molar-refractivity contribution is -0.125. The molecule has 112 valence electrons. The number of carbonyl (C=O) groups is 1.